The third-order valence-corrected chi connectivity index (χ3v) is 24.7. The van der Waals surface area contributed by atoms with Crippen LogP contribution >= 0.6 is 0 Å². The molecule has 0 spiro atoms. The topological polar surface area (TPSA) is 360 Å². The largest absolute Gasteiger partial charge is 0.486 e. The lowest BCUT2D eigenvalue weighted by Crippen LogP contribution is -2.63. The van der Waals surface area contributed by atoms with Crippen LogP contribution < -0.4 is 26.4 Å². The third kappa shape index (κ3) is 25.3. The van der Waals surface area contributed by atoms with Crippen LogP contribution in [0, 0.1) is 58.2 Å². The number of alkyl carbamates (subject to hydrolysis) is 1. The van der Waals surface area contributed by atoms with Crippen LogP contribution in [-0.2, 0) is 120 Å². The van der Waals surface area contributed by atoms with Crippen molar-refractivity contribution in [3.8, 4) is 5.75 Å². The molecule has 3 aromatic rings. The molecule has 28 nitrogen and oxygen atoms in total. The number of fused-ring (bicyclic) bond motifs is 9. The van der Waals surface area contributed by atoms with Gasteiger partial charge in [0.1, 0.15) is 24.7 Å². The normalized spacial score (nSPS) is 25.4. The standard InChI is InChI=1S/C88H129N7O21/c1-7-9-36-109-46-48-111-49-47-110-45-35-95-73-29-27-68-67(26-28-72(73)93-94-95)70(68)57-114-85(104)91-34-44-108-42-13-40-106-38-11-37-105-39-12-41-107-43-31-79(101)92-83(59(3)4)75(98)52-63(15-10-33-90-84(89)103)74(97)50-60-16-18-62(19-17-60)56-113-80(102)51-61-20-23-66(24-21-61)112-58-77(100)88-78(115-81(116-88)14-8-2)54-71-69-25-22-64-53-65(96)30-32-86(64,5)82(69)76(99)55-87(71,88)6/h16-21,23-24,30,32,53,59,63,67-71,76,78,81-83,99H,7-15,22,25-29,31,33-52,54-58H2,1-6H3,(H,91,104)(H,92,101)(H3,89,90,103)/t63-,67?,68?,69+,70?,71+,76+,78-,81?,82-,83+,86+,87+,88-/m1/s1. The van der Waals surface area contributed by atoms with Crippen molar-refractivity contribution in [2.75, 3.05) is 119 Å². The number of aliphatic hydroxyl groups excluding tert-OH is 1. The van der Waals surface area contributed by atoms with E-state index in [1.807, 2.05) is 31.5 Å². The summed E-state index contributed by atoms with van der Waals surface area (Å²) in [6, 6.07) is 12.5. The highest BCUT2D eigenvalue weighted by molar-refractivity contribution is 6.01. The van der Waals surface area contributed by atoms with Gasteiger partial charge < -0.3 is 83.6 Å². The Hall–Kier alpha value is -7.38. The molecule has 6 aliphatic carbocycles. The summed E-state index contributed by atoms with van der Waals surface area (Å²) < 4.78 is 72.6. The number of hydrogen-bond acceptors (Lipinski definition) is 23. The van der Waals surface area contributed by atoms with Gasteiger partial charge in [0.05, 0.1) is 95.5 Å². The molecule has 116 heavy (non-hydrogen) atoms. The number of rotatable bonds is 54. The number of allylic oxidation sites excluding steroid dienone is 4. The van der Waals surface area contributed by atoms with Gasteiger partial charge >= 0.3 is 18.1 Å². The minimum atomic E-state index is -1.32. The molecule has 14 atom stereocenters. The van der Waals surface area contributed by atoms with E-state index in [2.05, 4.69) is 47.0 Å². The van der Waals surface area contributed by atoms with Crippen molar-refractivity contribution in [3.05, 3.63) is 100 Å². The molecule has 2 heterocycles. The minimum Gasteiger partial charge on any atom is -0.486 e. The molecule has 0 radical (unpaired) electrons. The zero-order chi connectivity index (χ0) is 82.5. The molecular weight excluding hydrogens is 1490 g/mol. The first kappa shape index (κ1) is 90.9. The van der Waals surface area contributed by atoms with Crippen LogP contribution in [0.15, 0.2) is 72.3 Å². The average Bonchev–Trinajstić information content (AvgIpc) is 1.36. The van der Waals surface area contributed by atoms with Crippen LogP contribution in [0.3, 0.4) is 0 Å². The molecule has 7 aliphatic rings. The molecule has 0 bridgehead atoms. The van der Waals surface area contributed by atoms with Crippen LogP contribution in [-0.4, -0.2) is 216 Å². The number of hydrogen-bond donors (Lipinski definition) is 5. The second-order valence-electron chi connectivity index (χ2n) is 33.1. The summed E-state index contributed by atoms with van der Waals surface area (Å²) in [4.78, 5) is 106. The lowest BCUT2D eigenvalue weighted by atomic mass is 9.46. The van der Waals surface area contributed by atoms with E-state index in [4.69, 9.17) is 62.6 Å². The minimum absolute atomic E-state index is 0.0141. The first-order chi connectivity index (χ1) is 56.1. The van der Waals surface area contributed by atoms with E-state index in [-0.39, 0.29) is 105 Å². The highest BCUT2D eigenvalue weighted by atomic mass is 16.7. The number of nitrogens with zero attached hydrogens (tertiary/aromatic N) is 3. The van der Waals surface area contributed by atoms with E-state index in [1.165, 1.54) is 5.69 Å². The summed E-state index contributed by atoms with van der Waals surface area (Å²) in [6.45, 7) is 20.5. The van der Waals surface area contributed by atoms with Crippen LogP contribution in [0.2, 0.25) is 0 Å². The number of aromatic nitrogens is 3. The molecule has 1 saturated heterocycles. The van der Waals surface area contributed by atoms with E-state index in [0.717, 1.165) is 82.1 Å². The van der Waals surface area contributed by atoms with Crippen LogP contribution in [0.1, 0.15) is 179 Å². The lowest BCUT2D eigenvalue weighted by molar-refractivity contribution is -0.200. The fraction of sp³-hybridized carbons (Fsp3) is 0.705. The van der Waals surface area contributed by atoms with Gasteiger partial charge in [0.2, 0.25) is 11.7 Å². The number of nitrogens with one attached hydrogen (secondary N) is 3. The van der Waals surface area contributed by atoms with E-state index < -0.39 is 65.0 Å². The summed E-state index contributed by atoms with van der Waals surface area (Å²) >= 11 is 0. The summed E-state index contributed by atoms with van der Waals surface area (Å²) in [5.74, 6) is -0.620. The van der Waals surface area contributed by atoms with Gasteiger partial charge in [-0.3, -0.25) is 28.8 Å². The zero-order valence-electron chi connectivity index (χ0n) is 69.3. The maximum absolute atomic E-state index is 14.8. The number of carbonyl (C=O) groups excluding carboxylic acids is 8. The predicted molar refractivity (Wildman–Crippen MR) is 429 cm³/mol. The summed E-state index contributed by atoms with van der Waals surface area (Å²) in [5, 5.41) is 29.3. The first-order valence-electron chi connectivity index (χ1n) is 42.8. The lowest BCUT2D eigenvalue weighted by Gasteiger charge is -2.59. The molecule has 2 aromatic carbocycles. The van der Waals surface area contributed by atoms with Crippen LogP contribution in [0.4, 0.5) is 9.59 Å². The average molecular weight is 1620 g/mol. The number of benzene rings is 2. The Morgan fingerprint density at radius 3 is 2.01 bits per heavy atom. The smallest absolute Gasteiger partial charge is 0.407 e. The molecule has 1 aliphatic heterocycles. The van der Waals surface area contributed by atoms with E-state index in [1.54, 1.807) is 60.7 Å². The molecule has 642 valence electrons. The summed E-state index contributed by atoms with van der Waals surface area (Å²) in [6.07, 6.45) is 15.8. The van der Waals surface area contributed by atoms with Gasteiger partial charge in [-0.1, -0.05) is 108 Å². The van der Waals surface area contributed by atoms with Crippen molar-refractivity contribution in [2.45, 2.75) is 220 Å². The van der Waals surface area contributed by atoms with Gasteiger partial charge in [0, 0.05) is 101 Å². The predicted octanol–water partition coefficient (Wildman–Crippen LogP) is 9.60. The van der Waals surface area contributed by atoms with Gasteiger partial charge in [0.15, 0.2) is 23.5 Å². The summed E-state index contributed by atoms with van der Waals surface area (Å²) in [5.41, 5.74) is 8.17. The second kappa shape index (κ2) is 45.7. The molecule has 6 N–H and O–H groups in total. The number of urea groups is 1. The Labute approximate surface area is 683 Å². The Morgan fingerprint density at radius 1 is 0.690 bits per heavy atom. The zero-order valence-corrected chi connectivity index (χ0v) is 69.3. The highest BCUT2D eigenvalue weighted by Crippen LogP contribution is 2.70. The molecule has 5 fully saturated rings. The fourth-order valence-electron chi connectivity index (χ4n) is 18.6. The Bertz CT molecular complexity index is 3720. The quantitative estimate of drug-likeness (QED) is 0.0259. The number of carbonyl (C=O) groups is 8. The SMILES string of the molecule is CCCCOCCOCCOCCn1nnc2c1CCC1C(CC2)C1COC(=O)NCCOCCCOCCCOCCCOCCC(=O)N[C@H](C(=O)C[C@@H](CCCNC(N)=O)C(=O)Cc1ccc(COC(=O)Cc2ccc(OCC(=O)[C@@]34OC(CCC)O[C@@H]3C[C@H]3[C@@H]5CCC6=CC(=O)C=C[C@]6(C)[C@H]5[C@@H](O)C[C@@]34C)cc2)cc1)C(C)C. The monoisotopic (exact) mass is 1620 g/mol. The van der Waals surface area contributed by atoms with Crippen molar-refractivity contribution in [1.82, 2.24) is 30.9 Å². The van der Waals surface area contributed by atoms with Gasteiger partial charge in [0.25, 0.3) is 0 Å². The van der Waals surface area contributed by atoms with Crippen molar-refractivity contribution in [1.29, 1.82) is 0 Å². The van der Waals surface area contributed by atoms with E-state index >= 15 is 0 Å². The number of unbranched alkanes of at least 4 members (excludes halogenated alkanes) is 1. The van der Waals surface area contributed by atoms with E-state index in [0.29, 0.717) is 184 Å². The number of esters is 1. The number of primary amides is 1. The number of ketones is 4. The summed E-state index contributed by atoms with van der Waals surface area (Å²) in [7, 11) is 0. The molecule has 4 unspecified atom stereocenters. The number of ether oxygens (including phenoxy) is 12. The third-order valence-electron chi connectivity index (χ3n) is 24.7. The van der Waals surface area contributed by atoms with Gasteiger partial charge in [-0.05, 0) is 173 Å². The Balaban J connectivity index is 0.540. The van der Waals surface area contributed by atoms with Crippen molar-refractivity contribution in [2.24, 2.45) is 63.9 Å². The molecule has 28 heteroatoms. The van der Waals surface area contributed by atoms with Crippen molar-refractivity contribution < 1.29 is 100 Å². The number of amides is 4. The number of aryl methyl sites for hydroxylation is 1. The van der Waals surface area contributed by atoms with Crippen molar-refractivity contribution in [3.63, 3.8) is 0 Å². The second-order valence-corrected chi connectivity index (χ2v) is 33.1. The van der Waals surface area contributed by atoms with E-state index in [9.17, 15) is 43.5 Å². The highest BCUT2D eigenvalue weighted by Gasteiger charge is 2.76. The molecule has 4 saturated carbocycles. The Kier molecular flexibility index (Phi) is 35.8. The fourth-order valence-corrected chi connectivity index (χ4v) is 18.6. The first-order valence-corrected chi connectivity index (χ1v) is 42.8. The van der Waals surface area contributed by atoms with Gasteiger partial charge in [-0.15, -0.1) is 5.10 Å². The Morgan fingerprint density at radius 2 is 1.32 bits per heavy atom. The number of nitrogens with two attached hydrogens (primary N) is 1. The maximum atomic E-state index is 14.8. The van der Waals surface area contributed by atoms with Gasteiger partial charge in [-0.25, -0.2) is 14.3 Å². The molecule has 4 amide bonds. The maximum Gasteiger partial charge on any atom is 0.407 e. The molecule has 1 aromatic heterocycles. The van der Waals surface area contributed by atoms with Crippen LogP contribution in [0.5, 0.6) is 5.75 Å². The van der Waals surface area contributed by atoms with Crippen molar-refractivity contribution >= 4 is 47.1 Å². The molecular formula is C88H129N7O21. The van der Waals surface area contributed by atoms with Gasteiger partial charge in [-0.2, -0.15) is 0 Å². The number of Topliss-reactive ketones (excluding diaryl/α,β-unsaturated/α-hetero) is 3. The van der Waals surface area contributed by atoms with Crippen LogP contribution in [0.25, 0.3) is 0 Å². The molecule has 10 rings (SSSR count). The number of aliphatic hydroxyl groups is 1.